The molecule has 2 aromatic rings. The van der Waals surface area contributed by atoms with E-state index in [1.54, 1.807) is 43.5 Å². The number of carboxylic acids is 1. The van der Waals surface area contributed by atoms with Crippen molar-refractivity contribution in [1.82, 2.24) is 4.90 Å². The number of amides is 1. The highest BCUT2D eigenvalue weighted by Gasteiger charge is 2.18. The molecule has 0 atom stereocenters. The summed E-state index contributed by atoms with van der Waals surface area (Å²) >= 11 is 0. The Kier molecular flexibility index (Phi) is 5.19. The van der Waals surface area contributed by atoms with Crippen LogP contribution < -0.4 is 4.74 Å². The molecule has 0 saturated carbocycles. The fraction of sp³-hybridized carbons (Fsp3) is 0.250. The van der Waals surface area contributed by atoms with E-state index in [4.69, 9.17) is 14.3 Å². The summed E-state index contributed by atoms with van der Waals surface area (Å²) in [5, 5.41) is 8.83. The van der Waals surface area contributed by atoms with Crippen molar-refractivity contribution in [2.75, 3.05) is 13.7 Å². The molecule has 6 nitrogen and oxygen atoms in total. The molecule has 0 fully saturated rings. The standard InChI is InChI=1S/C16H17NO5/c1-21-13-6-4-12(5-7-13)16(20)17(9-8-15(18)19)11-14-3-2-10-22-14/h2-7,10H,8-9,11H2,1H3,(H,18,19). The summed E-state index contributed by atoms with van der Waals surface area (Å²) in [7, 11) is 1.55. The van der Waals surface area contributed by atoms with Gasteiger partial charge >= 0.3 is 5.97 Å². The first-order chi connectivity index (χ1) is 10.6. The third kappa shape index (κ3) is 4.12. The van der Waals surface area contributed by atoms with Crippen LogP contribution in [-0.2, 0) is 11.3 Å². The van der Waals surface area contributed by atoms with Crippen LogP contribution >= 0.6 is 0 Å². The minimum Gasteiger partial charge on any atom is -0.497 e. The average Bonchev–Trinajstić information content (AvgIpc) is 3.03. The number of carbonyl (C=O) groups excluding carboxylic acids is 1. The fourth-order valence-corrected chi connectivity index (χ4v) is 1.99. The Balaban J connectivity index is 2.14. The van der Waals surface area contributed by atoms with E-state index in [0.29, 0.717) is 17.1 Å². The normalized spacial score (nSPS) is 10.2. The molecule has 6 heteroatoms. The quantitative estimate of drug-likeness (QED) is 0.849. The van der Waals surface area contributed by atoms with Gasteiger partial charge < -0.3 is 19.2 Å². The maximum atomic E-state index is 12.5. The number of rotatable bonds is 7. The zero-order valence-corrected chi connectivity index (χ0v) is 12.2. The third-order valence-corrected chi connectivity index (χ3v) is 3.15. The lowest BCUT2D eigenvalue weighted by atomic mass is 10.2. The smallest absolute Gasteiger partial charge is 0.305 e. The monoisotopic (exact) mass is 303 g/mol. The molecule has 0 bridgehead atoms. The maximum absolute atomic E-state index is 12.5. The highest BCUT2D eigenvalue weighted by atomic mass is 16.5. The molecular formula is C16H17NO5. The molecule has 2 rings (SSSR count). The second kappa shape index (κ2) is 7.31. The SMILES string of the molecule is COc1ccc(C(=O)N(CCC(=O)O)Cc2ccco2)cc1. The van der Waals surface area contributed by atoms with Crippen molar-refractivity contribution in [2.24, 2.45) is 0 Å². The van der Waals surface area contributed by atoms with E-state index in [-0.39, 0.29) is 25.4 Å². The Labute approximate surface area is 127 Å². The van der Waals surface area contributed by atoms with Gasteiger partial charge in [-0.1, -0.05) is 0 Å². The van der Waals surface area contributed by atoms with E-state index in [9.17, 15) is 9.59 Å². The summed E-state index contributed by atoms with van der Waals surface area (Å²) < 4.78 is 10.3. The molecule has 0 aliphatic rings. The Morgan fingerprint density at radius 3 is 2.50 bits per heavy atom. The Bertz CT molecular complexity index is 618. The van der Waals surface area contributed by atoms with Gasteiger partial charge in [-0.25, -0.2) is 0 Å². The van der Waals surface area contributed by atoms with Gasteiger partial charge in [0.25, 0.3) is 5.91 Å². The summed E-state index contributed by atoms with van der Waals surface area (Å²) in [6.45, 7) is 0.339. The molecule has 116 valence electrons. The number of aliphatic carboxylic acids is 1. The van der Waals surface area contributed by atoms with Crippen molar-refractivity contribution in [1.29, 1.82) is 0 Å². The van der Waals surface area contributed by atoms with Crippen LogP contribution in [-0.4, -0.2) is 35.5 Å². The predicted molar refractivity (Wildman–Crippen MR) is 78.7 cm³/mol. The van der Waals surface area contributed by atoms with Crippen molar-refractivity contribution in [3.8, 4) is 5.75 Å². The minimum atomic E-state index is -0.952. The summed E-state index contributed by atoms with van der Waals surface area (Å²) in [4.78, 5) is 24.8. The second-order valence-corrected chi connectivity index (χ2v) is 4.68. The van der Waals surface area contributed by atoms with Gasteiger partial charge in [0.1, 0.15) is 11.5 Å². The molecule has 1 heterocycles. The highest BCUT2D eigenvalue weighted by Crippen LogP contribution is 2.15. The first-order valence-electron chi connectivity index (χ1n) is 6.77. The molecule has 0 aliphatic carbocycles. The molecule has 22 heavy (non-hydrogen) atoms. The Hall–Kier alpha value is -2.76. The average molecular weight is 303 g/mol. The second-order valence-electron chi connectivity index (χ2n) is 4.68. The predicted octanol–water partition coefficient (Wildman–Crippen LogP) is 2.41. The summed E-state index contributed by atoms with van der Waals surface area (Å²) in [6, 6.07) is 10.1. The van der Waals surface area contributed by atoms with E-state index < -0.39 is 5.97 Å². The molecule has 0 aliphatic heterocycles. The lowest BCUT2D eigenvalue weighted by molar-refractivity contribution is -0.137. The molecule has 0 spiro atoms. The molecule has 0 unspecified atom stereocenters. The molecule has 1 amide bonds. The van der Waals surface area contributed by atoms with Gasteiger partial charge in [0, 0.05) is 12.1 Å². The van der Waals surface area contributed by atoms with Gasteiger partial charge in [-0.05, 0) is 36.4 Å². The van der Waals surface area contributed by atoms with E-state index in [1.165, 1.54) is 11.2 Å². The number of hydrogen-bond donors (Lipinski definition) is 1. The van der Waals surface area contributed by atoms with Gasteiger partial charge in [0.2, 0.25) is 0 Å². The van der Waals surface area contributed by atoms with E-state index >= 15 is 0 Å². The number of hydrogen-bond acceptors (Lipinski definition) is 4. The molecule has 1 aromatic heterocycles. The molecule has 1 N–H and O–H groups in total. The topological polar surface area (TPSA) is 80.0 Å². The van der Waals surface area contributed by atoms with Gasteiger partial charge in [-0.3, -0.25) is 9.59 Å². The van der Waals surface area contributed by atoms with Gasteiger partial charge in [0.15, 0.2) is 0 Å². The molecule has 0 saturated heterocycles. The number of methoxy groups -OCH3 is 1. The van der Waals surface area contributed by atoms with Crippen LogP contribution in [0.1, 0.15) is 22.5 Å². The van der Waals surface area contributed by atoms with Gasteiger partial charge in [0.05, 0.1) is 26.3 Å². The zero-order valence-electron chi connectivity index (χ0n) is 12.2. The van der Waals surface area contributed by atoms with Crippen LogP contribution in [0.15, 0.2) is 47.1 Å². The van der Waals surface area contributed by atoms with Gasteiger partial charge in [-0.2, -0.15) is 0 Å². The van der Waals surface area contributed by atoms with E-state index in [2.05, 4.69) is 0 Å². The van der Waals surface area contributed by atoms with Crippen molar-refractivity contribution in [3.05, 3.63) is 54.0 Å². The number of benzene rings is 1. The Morgan fingerprint density at radius 2 is 1.95 bits per heavy atom. The number of ether oxygens (including phenoxy) is 1. The first-order valence-corrected chi connectivity index (χ1v) is 6.77. The zero-order chi connectivity index (χ0) is 15.9. The third-order valence-electron chi connectivity index (χ3n) is 3.15. The van der Waals surface area contributed by atoms with Crippen molar-refractivity contribution in [3.63, 3.8) is 0 Å². The summed E-state index contributed by atoms with van der Waals surface area (Å²) in [6.07, 6.45) is 1.39. The van der Waals surface area contributed by atoms with Crippen LogP contribution in [0.2, 0.25) is 0 Å². The van der Waals surface area contributed by atoms with Crippen molar-refractivity contribution < 1.29 is 23.8 Å². The number of carbonyl (C=O) groups is 2. The van der Waals surface area contributed by atoms with Crippen LogP contribution in [0.25, 0.3) is 0 Å². The van der Waals surface area contributed by atoms with E-state index in [1.807, 2.05) is 0 Å². The van der Waals surface area contributed by atoms with Crippen molar-refractivity contribution >= 4 is 11.9 Å². The number of furan rings is 1. The van der Waals surface area contributed by atoms with Crippen LogP contribution in [0.3, 0.4) is 0 Å². The number of carboxylic acid groups (broad SMARTS) is 1. The largest absolute Gasteiger partial charge is 0.497 e. The van der Waals surface area contributed by atoms with Crippen LogP contribution in [0.5, 0.6) is 5.75 Å². The van der Waals surface area contributed by atoms with Crippen molar-refractivity contribution in [2.45, 2.75) is 13.0 Å². The highest BCUT2D eigenvalue weighted by molar-refractivity contribution is 5.94. The fourth-order valence-electron chi connectivity index (χ4n) is 1.99. The minimum absolute atomic E-state index is 0.112. The summed E-state index contributed by atoms with van der Waals surface area (Å²) in [5.41, 5.74) is 0.470. The van der Waals surface area contributed by atoms with Crippen LogP contribution in [0, 0.1) is 0 Å². The molecule has 1 aromatic carbocycles. The number of nitrogens with zero attached hydrogens (tertiary/aromatic N) is 1. The van der Waals surface area contributed by atoms with Gasteiger partial charge in [-0.15, -0.1) is 0 Å². The molecule has 0 radical (unpaired) electrons. The Morgan fingerprint density at radius 1 is 1.23 bits per heavy atom. The van der Waals surface area contributed by atoms with E-state index in [0.717, 1.165) is 0 Å². The van der Waals surface area contributed by atoms with Crippen LogP contribution in [0.4, 0.5) is 0 Å². The maximum Gasteiger partial charge on any atom is 0.305 e. The summed E-state index contributed by atoms with van der Waals surface area (Å²) in [5.74, 6) is 0.0548. The lowest BCUT2D eigenvalue weighted by Crippen LogP contribution is -2.32. The first kappa shape index (κ1) is 15.6. The lowest BCUT2D eigenvalue weighted by Gasteiger charge is -2.21. The molecular weight excluding hydrogens is 286 g/mol.